The summed E-state index contributed by atoms with van der Waals surface area (Å²) >= 11 is 0. The highest BCUT2D eigenvalue weighted by atomic mass is 19.1. The molecule has 0 aromatic heterocycles. The van der Waals surface area contributed by atoms with Crippen LogP contribution in [0.5, 0.6) is 0 Å². The number of amides is 1. The molecule has 1 aromatic carbocycles. The average molecular weight is 297 g/mol. The van der Waals surface area contributed by atoms with Gasteiger partial charge in [0.05, 0.1) is 0 Å². The molecule has 0 bridgehead atoms. The molecular weight excluding hydrogens is 280 g/mol. The number of nitrogens with zero attached hydrogens (tertiary/aromatic N) is 1. The fourth-order valence-electron chi connectivity index (χ4n) is 2.71. The van der Waals surface area contributed by atoms with Crippen LogP contribution in [-0.2, 0) is 9.59 Å². The summed E-state index contributed by atoms with van der Waals surface area (Å²) in [5, 5.41) is 9.06. The third-order valence-electron chi connectivity index (χ3n) is 3.83. The summed E-state index contributed by atoms with van der Waals surface area (Å²) in [6.07, 6.45) is 1.11. The van der Waals surface area contributed by atoms with E-state index in [1.807, 2.05) is 0 Å². The lowest BCUT2D eigenvalue weighted by Crippen LogP contribution is -2.40. The first-order valence-electron chi connectivity index (χ1n) is 6.87. The number of hydrogen-bond donors (Lipinski definition) is 1. The molecule has 0 aliphatic carbocycles. The van der Waals surface area contributed by atoms with Crippen LogP contribution in [0.3, 0.4) is 0 Å². The molecule has 1 N–H and O–H groups in total. The van der Waals surface area contributed by atoms with E-state index in [2.05, 4.69) is 0 Å². The predicted molar refractivity (Wildman–Crippen MR) is 71.8 cm³/mol. The maximum atomic E-state index is 13.7. The van der Waals surface area contributed by atoms with Gasteiger partial charge in [0.1, 0.15) is 17.7 Å². The zero-order valence-electron chi connectivity index (χ0n) is 11.7. The van der Waals surface area contributed by atoms with Gasteiger partial charge in [-0.1, -0.05) is 13.0 Å². The number of benzene rings is 1. The third-order valence-corrected chi connectivity index (χ3v) is 3.83. The van der Waals surface area contributed by atoms with Crippen LogP contribution in [0, 0.1) is 11.6 Å². The van der Waals surface area contributed by atoms with E-state index in [0.29, 0.717) is 19.4 Å². The van der Waals surface area contributed by atoms with Gasteiger partial charge in [0.2, 0.25) is 5.91 Å². The summed E-state index contributed by atoms with van der Waals surface area (Å²) in [6.45, 7) is 2.08. The molecule has 1 aliphatic rings. The van der Waals surface area contributed by atoms with Crippen molar-refractivity contribution in [1.82, 2.24) is 4.90 Å². The van der Waals surface area contributed by atoms with Crippen molar-refractivity contribution in [2.75, 3.05) is 6.54 Å². The van der Waals surface area contributed by atoms with Gasteiger partial charge in [-0.15, -0.1) is 0 Å². The summed E-state index contributed by atoms with van der Waals surface area (Å²) < 4.78 is 26.6. The Balaban J connectivity index is 2.06. The Morgan fingerprint density at radius 1 is 1.43 bits per heavy atom. The van der Waals surface area contributed by atoms with Gasteiger partial charge in [-0.3, -0.25) is 4.79 Å². The molecule has 0 radical (unpaired) electrons. The third kappa shape index (κ3) is 3.37. The molecule has 2 unspecified atom stereocenters. The van der Waals surface area contributed by atoms with Crippen molar-refractivity contribution >= 4 is 11.9 Å². The van der Waals surface area contributed by atoms with Crippen molar-refractivity contribution in [2.24, 2.45) is 0 Å². The van der Waals surface area contributed by atoms with Gasteiger partial charge in [-0.05, 0) is 30.4 Å². The second-order valence-corrected chi connectivity index (χ2v) is 5.35. The minimum atomic E-state index is -1.01. The molecule has 1 aromatic rings. The molecule has 114 valence electrons. The van der Waals surface area contributed by atoms with Crippen LogP contribution in [0.1, 0.15) is 37.7 Å². The highest BCUT2D eigenvalue weighted by molar-refractivity contribution is 5.84. The summed E-state index contributed by atoms with van der Waals surface area (Å²) in [7, 11) is 0. The minimum absolute atomic E-state index is 0.00628. The Labute approximate surface area is 121 Å². The van der Waals surface area contributed by atoms with Crippen LogP contribution in [0.2, 0.25) is 0 Å². The SMILES string of the molecule is CC(CC(=O)N1CCCC1C(=O)O)c1ccc(F)cc1F. The molecule has 1 amide bonds. The van der Waals surface area contributed by atoms with Gasteiger partial charge in [0.25, 0.3) is 0 Å². The van der Waals surface area contributed by atoms with Crippen molar-refractivity contribution in [2.45, 2.75) is 38.1 Å². The highest BCUT2D eigenvalue weighted by Gasteiger charge is 2.34. The minimum Gasteiger partial charge on any atom is -0.480 e. The zero-order valence-corrected chi connectivity index (χ0v) is 11.7. The van der Waals surface area contributed by atoms with Crippen molar-refractivity contribution in [1.29, 1.82) is 0 Å². The fourth-order valence-corrected chi connectivity index (χ4v) is 2.71. The van der Waals surface area contributed by atoms with Crippen LogP contribution in [0.25, 0.3) is 0 Å². The summed E-state index contributed by atoms with van der Waals surface area (Å²) in [6, 6.07) is 2.46. The first-order valence-corrected chi connectivity index (χ1v) is 6.87. The Hall–Kier alpha value is -1.98. The average Bonchev–Trinajstić information content (AvgIpc) is 2.87. The van der Waals surface area contributed by atoms with Gasteiger partial charge in [-0.25, -0.2) is 13.6 Å². The molecule has 0 saturated carbocycles. The number of carboxylic acid groups (broad SMARTS) is 1. The van der Waals surface area contributed by atoms with E-state index in [1.54, 1.807) is 6.92 Å². The van der Waals surface area contributed by atoms with Crippen LogP contribution in [-0.4, -0.2) is 34.5 Å². The van der Waals surface area contributed by atoms with E-state index in [-0.39, 0.29) is 17.9 Å². The normalized spacial score (nSPS) is 19.6. The predicted octanol–water partition coefficient (Wildman–Crippen LogP) is 2.53. The van der Waals surface area contributed by atoms with Crippen molar-refractivity contribution < 1.29 is 23.5 Å². The second-order valence-electron chi connectivity index (χ2n) is 5.35. The van der Waals surface area contributed by atoms with Crippen LogP contribution >= 0.6 is 0 Å². The first kappa shape index (κ1) is 15.4. The van der Waals surface area contributed by atoms with Crippen molar-refractivity contribution in [3.8, 4) is 0 Å². The lowest BCUT2D eigenvalue weighted by Gasteiger charge is -2.23. The summed E-state index contributed by atoms with van der Waals surface area (Å²) in [4.78, 5) is 24.6. The number of hydrogen-bond acceptors (Lipinski definition) is 2. The fraction of sp³-hybridized carbons (Fsp3) is 0.467. The van der Waals surface area contributed by atoms with Crippen LogP contribution in [0.15, 0.2) is 18.2 Å². The molecule has 6 heteroatoms. The Bertz CT molecular complexity index is 562. The number of carbonyl (C=O) groups excluding carboxylic acids is 1. The Morgan fingerprint density at radius 3 is 2.76 bits per heavy atom. The molecule has 1 aliphatic heterocycles. The van der Waals surface area contributed by atoms with E-state index >= 15 is 0 Å². The smallest absolute Gasteiger partial charge is 0.326 e. The number of likely N-dealkylation sites (tertiary alicyclic amines) is 1. The van der Waals surface area contributed by atoms with Gasteiger partial charge >= 0.3 is 5.97 Å². The topological polar surface area (TPSA) is 57.6 Å². The summed E-state index contributed by atoms with van der Waals surface area (Å²) in [5.74, 6) is -3.11. The maximum absolute atomic E-state index is 13.7. The van der Waals surface area contributed by atoms with E-state index in [4.69, 9.17) is 5.11 Å². The first-order chi connectivity index (χ1) is 9.90. The maximum Gasteiger partial charge on any atom is 0.326 e. The molecular formula is C15H17F2NO3. The van der Waals surface area contributed by atoms with E-state index in [9.17, 15) is 18.4 Å². The number of rotatable bonds is 4. The van der Waals surface area contributed by atoms with Crippen LogP contribution in [0.4, 0.5) is 8.78 Å². The van der Waals surface area contributed by atoms with Gasteiger partial charge in [0.15, 0.2) is 0 Å². The molecule has 21 heavy (non-hydrogen) atoms. The standard InChI is InChI=1S/C15H17F2NO3/c1-9(11-5-4-10(16)8-12(11)17)7-14(19)18-6-2-3-13(18)15(20)21/h4-5,8-9,13H,2-3,6-7H2,1H3,(H,20,21). The monoisotopic (exact) mass is 297 g/mol. The Kier molecular flexibility index (Phi) is 4.55. The Morgan fingerprint density at radius 2 is 2.14 bits per heavy atom. The molecule has 2 atom stereocenters. The lowest BCUT2D eigenvalue weighted by molar-refractivity contribution is -0.148. The lowest BCUT2D eigenvalue weighted by atomic mass is 9.96. The summed E-state index contributed by atoms with van der Waals surface area (Å²) in [5.41, 5.74) is 0.260. The van der Waals surface area contributed by atoms with E-state index in [0.717, 1.165) is 12.1 Å². The van der Waals surface area contributed by atoms with Gasteiger partial charge in [0, 0.05) is 19.0 Å². The molecule has 1 fully saturated rings. The number of aliphatic carboxylic acids is 1. The van der Waals surface area contributed by atoms with Crippen LogP contribution < -0.4 is 0 Å². The molecule has 1 saturated heterocycles. The van der Waals surface area contributed by atoms with E-state index in [1.165, 1.54) is 11.0 Å². The number of carbonyl (C=O) groups is 2. The highest BCUT2D eigenvalue weighted by Crippen LogP contribution is 2.26. The number of halogens is 2. The largest absolute Gasteiger partial charge is 0.480 e. The number of carboxylic acids is 1. The molecule has 1 heterocycles. The quantitative estimate of drug-likeness (QED) is 0.929. The van der Waals surface area contributed by atoms with Gasteiger partial charge < -0.3 is 10.0 Å². The van der Waals surface area contributed by atoms with E-state index < -0.39 is 29.6 Å². The molecule has 2 rings (SSSR count). The van der Waals surface area contributed by atoms with Crippen molar-refractivity contribution in [3.63, 3.8) is 0 Å². The molecule has 4 nitrogen and oxygen atoms in total. The van der Waals surface area contributed by atoms with Gasteiger partial charge in [-0.2, -0.15) is 0 Å². The zero-order chi connectivity index (χ0) is 15.6. The second kappa shape index (κ2) is 6.20. The van der Waals surface area contributed by atoms with Crippen molar-refractivity contribution in [3.05, 3.63) is 35.4 Å². The molecule has 0 spiro atoms.